The fraction of sp³-hybridized carbons (Fsp3) is 0.267. The van der Waals surface area contributed by atoms with Gasteiger partial charge in [0.05, 0.1) is 0 Å². The summed E-state index contributed by atoms with van der Waals surface area (Å²) in [6.45, 7) is -1.27. The van der Waals surface area contributed by atoms with Crippen LogP contribution in [0.25, 0.3) is 17.2 Å². The molecule has 1 aliphatic heterocycles. The van der Waals surface area contributed by atoms with Crippen LogP contribution < -0.4 is 0 Å². The third-order valence-electron chi connectivity index (χ3n) is 6.54. The van der Waals surface area contributed by atoms with Crippen LogP contribution >= 0.6 is 23.2 Å². The van der Waals surface area contributed by atoms with Crippen molar-refractivity contribution < 1.29 is 11.5 Å². The molecule has 5 heteroatoms. The average molecular weight is 512 g/mol. The second-order valence-corrected chi connectivity index (χ2v) is 9.87. The summed E-state index contributed by atoms with van der Waals surface area (Å²) in [5.41, 5.74) is 9.03. The van der Waals surface area contributed by atoms with E-state index in [2.05, 4.69) is 48.5 Å². The predicted molar refractivity (Wildman–Crippen MR) is 143 cm³/mol. The number of fused-ring (bicyclic) bond motifs is 1. The number of nitrogens with zero attached hydrogens (tertiary/aromatic N) is 1. The molecule has 180 valence electrons. The Morgan fingerprint density at radius 3 is 2.46 bits per heavy atom. The number of alkyl halides is 2. The van der Waals surface area contributed by atoms with Crippen molar-refractivity contribution in [2.24, 2.45) is 0 Å². The van der Waals surface area contributed by atoms with Gasteiger partial charge in [-0.25, -0.2) is 8.78 Å². The van der Waals surface area contributed by atoms with Gasteiger partial charge in [0.1, 0.15) is 0 Å². The van der Waals surface area contributed by atoms with E-state index in [1.54, 1.807) is 6.07 Å². The summed E-state index contributed by atoms with van der Waals surface area (Å²) in [5, 5.41) is 1.25. The maximum atomic E-state index is 12.7. The Bertz CT molecular complexity index is 1360. The second kappa shape index (κ2) is 10.7. The zero-order chi connectivity index (χ0) is 26.2. The number of hydrogen-bond donors (Lipinski definition) is 0. The number of allylic oxidation sites excluding steroid dienone is 1. The minimum atomic E-state index is -2.66. The lowest BCUT2D eigenvalue weighted by atomic mass is 9.87. The van der Waals surface area contributed by atoms with E-state index >= 15 is 0 Å². The Morgan fingerprint density at radius 1 is 0.943 bits per heavy atom. The molecule has 3 aromatic rings. The maximum Gasteiger partial charge on any atom is 0.239 e. The first-order valence-electron chi connectivity index (χ1n) is 12.8. The number of hydrogen-bond acceptors (Lipinski definition) is 1. The first-order valence-corrected chi connectivity index (χ1v) is 12.6. The fourth-order valence-electron chi connectivity index (χ4n) is 4.89. The monoisotopic (exact) mass is 511 g/mol. The third kappa shape index (κ3) is 5.53. The number of benzene rings is 3. The lowest BCUT2D eigenvalue weighted by Gasteiger charge is -2.34. The topological polar surface area (TPSA) is 3.24 Å². The van der Waals surface area contributed by atoms with E-state index in [1.807, 2.05) is 18.2 Å². The van der Waals surface area contributed by atoms with Crippen molar-refractivity contribution in [3.63, 3.8) is 0 Å². The lowest BCUT2D eigenvalue weighted by Crippen LogP contribution is -2.40. The van der Waals surface area contributed by atoms with Crippen LogP contribution in [0.5, 0.6) is 0 Å². The van der Waals surface area contributed by atoms with E-state index in [-0.39, 0.29) is 0 Å². The van der Waals surface area contributed by atoms with Crippen LogP contribution in [0, 0.1) is 0 Å². The number of aryl methyl sites for hydroxylation is 1. The van der Waals surface area contributed by atoms with Crippen LogP contribution in [0.4, 0.5) is 8.78 Å². The highest BCUT2D eigenvalue weighted by Crippen LogP contribution is 2.42. The molecule has 0 radical (unpaired) electrons. The van der Waals surface area contributed by atoms with Crippen molar-refractivity contribution in [1.82, 2.24) is 4.90 Å². The van der Waals surface area contributed by atoms with Gasteiger partial charge < -0.3 is 0 Å². The highest BCUT2D eigenvalue weighted by atomic mass is 35.5. The molecule has 1 nitrogen and oxygen atoms in total. The number of likely N-dealkylation sites (tertiary alicyclic amines) is 1. The summed E-state index contributed by atoms with van der Waals surface area (Å²) >= 11 is 12.9. The van der Waals surface area contributed by atoms with E-state index in [4.69, 9.17) is 25.9 Å². The molecule has 1 fully saturated rings. The van der Waals surface area contributed by atoms with Gasteiger partial charge in [-0.05, 0) is 75.9 Å². The minimum Gasteiger partial charge on any atom is -0.295 e. The van der Waals surface area contributed by atoms with Gasteiger partial charge in [0.2, 0.25) is 6.43 Å². The van der Waals surface area contributed by atoms with Crippen molar-refractivity contribution in [1.29, 1.82) is 0 Å². The maximum absolute atomic E-state index is 12.7. The molecular formula is C30H27Cl2F2N. The highest BCUT2D eigenvalue weighted by Gasteiger charge is 2.22. The molecule has 0 atom stereocenters. The molecule has 0 bridgehead atoms. The Hall–Kier alpha value is -2.46. The van der Waals surface area contributed by atoms with E-state index < -0.39 is 19.3 Å². The van der Waals surface area contributed by atoms with Crippen LogP contribution in [-0.2, 0) is 6.42 Å². The zero-order valence-corrected chi connectivity index (χ0v) is 20.7. The van der Waals surface area contributed by atoms with Crippen LogP contribution in [0.1, 0.15) is 49.8 Å². The molecule has 5 rings (SSSR count). The molecule has 0 unspecified atom stereocenters. The first-order chi connectivity index (χ1) is 17.7. The number of rotatable bonds is 6. The Balaban J connectivity index is 1.47. The van der Waals surface area contributed by atoms with Gasteiger partial charge in [-0.2, -0.15) is 0 Å². The summed E-state index contributed by atoms with van der Waals surface area (Å²) in [7, 11) is 0. The van der Waals surface area contributed by atoms with E-state index in [9.17, 15) is 8.78 Å². The smallest absolute Gasteiger partial charge is 0.239 e. The van der Waals surface area contributed by atoms with Crippen LogP contribution in [0.2, 0.25) is 10.0 Å². The van der Waals surface area contributed by atoms with E-state index in [1.165, 1.54) is 27.2 Å². The standard InChI is InChI=1S/C30H27Cl2F2N/c31-24-12-13-26(28(32)17-24)27-7-3-5-22-4-1-2-6-25(22)30(27)23-10-8-20(9-11-23)16-21-18-35(19-21)15-14-29(33)34/h1-2,4,6,8-13,16-17,29H,3,5,7,14-15,18-19H2/i15D2. The minimum absolute atomic E-state index is 0.360. The fourth-order valence-corrected chi connectivity index (χ4v) is 5.41. The summed E-state index contributed by atoms with van der Waals surface area (Å²) in [6.07, 6.45) is 1.50. The van der Waals surface area contributed by atoms with Crippen molar-refractivity contribution in [2.45, 2.75) is 32.1 Å². The molecule has 1 saturated heterocycles. The summed E-state index contributed by atoms with van der Waals surface area (Å²) in [4.78, 5) is 1.45. The number of halogens is 4. The van der Waals surface area contributed by atoms with Gasteiger partial charge in [-0.3, -0.25) is 4.90 Å². The zero-order valence-electron chi connectivity index (χ0n) is 21.2. The van der Waals surface area contributed by atoms with Crippen LogP contribution in [0.15, 0.2) is 72.3 Å². The van der Waals surface area contributed by atoms with Gasteiger partial charge in [0, 0.05) is 38.8 Å². The molecule has 35 heavy (non-hydrogen) atoms. The molecule has 1 heterocycles. The summed E-state index contributed by atoms with van der Waals surface area (Å²) in [5.74, 6) is 0. The van der Waals surface area contributed by atoms with Gasteiger partial charge in [0.15, 0.2) is 0 Å². The lowest BCUT2D eigenvalue weighted by molar-refractivity contribution is 0.111. The largest absolute Gasteiger partial charge is 0.295 e. The Kier molecular flexibility index (Phi) is 6.64. The first kappa shape index (κ1) is 21.8. The Labute approximate surface area is 218 Å². The van der Waals surface area contributed by atoms with Gasteiger partial charge in [0.25, 0.3) is 0 Å². The van der Waals surface area contributed by atoms with Crippen LogP contribution in [0.3, 0.4) is 0 Å². The van der Waals surface area contributed by atoms with E-state index in [0.29, 0.717) is 23.1 Å². The SMILES string of the molecule is [2H]C([2H])(CC(F)F)N1CC(=Cc2ccc(C3=C(c4ccc(Cl)cc4Cl)CCCc4ccccc43)cc2)C1. The molecule has 0 aromatic heterocycles. The molecule has 0 spiro atoms. The molecule has 3 aromatic carbocycles. The molecule has 0 saturated carbocycles. The average Bonchev–Trinajstić information content (AvgIpc) is 3.00. The third-order valence-corrected chi connectivity index (χ3v) is 7.09. The van der Waals surface area contributed by atoms with Crippen molar-refractivity contribution >= 4 is 40.4 Å². The van der Waals surface area contributed by atoms with Gasteiger partial charge in [-0.1, -0.05) is 83.9 Å². The molecule has 0 amide bonds. The quantitative estimate of drug-likeness (QED) is 0.320. The Morgan fingerprint density at radius 2 is 1.71 bits per heavy atom. The molecular weight excluding hydrogens is 483 g/mol. The predicted octanol–water partition coefficient (Wildman–Crippen LogP) is 8.64. The molecule has 2 aliphatic rings. The van der Waals surface area contributed by atoms with Crippen molar-refractivity contribution in [3.05, 3.63) is 110 Å². The van der Waals surface area contributed by atoms with Crippen molar-refractivity contribution in [2.75, 3.05) is 19.6 Å². The van der Waals surface area contributed by atoms with Gasteiger partial charge >= 0.3 is 0 Å². The highest BCUT2D eigenvalue weighted by molar-refractivity contribution is 6.36. The van der Waals surface area contributed by atoms with Gasteiger partial charge in [-0.15, -0.1) is 0 Å². The second-order valence-electron chi connectivity index (χ2n) is 9.02. The summed E-state index contributed by atoms with van der Waals surface area (Å²) < 4.78 is 41.1. The van der Waals surface area contributed by atoms with Crippen LogP contribution in [-0.4, -0.2) is 30.9 Å². The normalized spacial score (nSPS) is 17.5. The molecule has 0 N–H and O–H groups in total. The van der Waals surface area contributed by atoms with E-state index in [0.717, 1.165) is 41.5 Å². The van der Waals surface area contributed by atoms with Crippen molar-refractivity contribution in [3.8, 4) is 0 Å². The molecule has 1 aliphatic carbocycles. The summed E-state index contributed by atoms with van der Waals surface area (Å²) in [6, 6.07) is 22.5.